The SMILES string of the molecule is CCCc1nc(N2CCN(C(=O)CCC3CCCC3)CC2)c2c3c(sc2n1)CN(CC)CC3. The van der Waals surface area contributed by atoms with Crippen LogP contribution >= 0.6 is 11.3 Å². The Kier molecular flexibility index (Phi) is 7.16. The van der Waals surface area contributed by atoms with E-state index < -0.39 is 0 Å². The molecule has 1 saturated heterocycles. The zero-order valence-corrected chi connectivity index (χ0v) is 21.3. The molecule has 0 bridgehead atoms. The number of nitrogens with zero attached hydrogens (tertiary/aromatic N) is 5. The molecule has 1 amide bonds. The van der Waals surface area contributed by atoms with Gasteiger partial charge in [-0.3, -0.25) is 9.69 Å². The molecule has 2 fully saturated rings. The summed E-state index contributed by atoms with van der Waals surface area (Å²) in [4.78, 5) is 32.6. The van der Waals surface area contributed by atoms with Crippen molar-refractivity contribution in [1.29, 1.82) is 0 Å². The quantitative estimate of drug-likeness (QED) is 0.591. The van der Waals surface area contributed by atoms with Gasteiger partial charge in [-0.25, -0.2) is 9.97 Å². The molecule has 0 N–H and O–H groups in total. The third-order valence-corrected chi connectivity index (χ3v) is 9.01. The van der Waals surface area contributed by atoms with Crippen LogP contribution in [0.3, 0.4) is 0 Å². The monoisotopic (exact) mass is 469 g/mol. The Morgan fingerprint density at radius 2 is 1.85 bits per heavy atom. The highest BCUT2D eigenvalue weighted by atomic mass is 32.1. The summed E-state index contributed by atoms with van der Waals surface area (Å²) in [6, 6.07) is 0. The molecule has 1 aliphatic carbocycles. The number of carbonyl (C=O) groups excluding carboxylic acids is 1. The van der Waals surface area contributed by atoms with Crippen LogP contribution in [0.4, 0.5) is 5.82 Å². The average Bonchev–Trinajstić information content (AvgIpc) is 3.49. The fraction of sp³-hybridized carbons (Fsp3) is 0.731. The second-order valence-electron chi connectivity index (χ2n) is 10.1. The molecule has 1 saturated carbocycles. The number of likely N-dealkylation sites (N-methyl/N-ethyl adjacent to an activating group) is 1. The summed E-state index contributed by atoms with van der Waals surface area (Å²) in [6.45, 7) is 11.1. The van der Waals surface area contributed by atoms with Gasteiger partial charge in [0.05, 0.1) is 5.39 Å². The molecule has 7 heteroatoms. The Hall–Kier alpha value is -1.73. The minimum atomic E-state index is 0.355. The summed E-state index contributed by atoms with van der Waals surface area (Å²) in [5.74, 6) is 3.24. The highest BCUT2D eigenvalue weighted by Crippen LogP contribution is 2.39. The Balaban J connectivity index is 1.32. The predicted octanol–water partition coefficient (Wildman–Crippen LogP) is 4.64. The van der Waals surface area contributed by atoms with E-state index in [0.29, 0.717) is 5.91 Å². The molecule has 4 heterocycles. The minimum absolute atomic E-state index is 0.355. The molecule has 0 aromatic carbocycles. The zero-order chi connectivity index (χ0) is 22.8. The van der Waals surface area contributed by atoms with Crippen molar-refractivity contribution < 1.29 is 4.79 Å². The molecular formula is C26H39N5OS. The van der Waals surface area contributed by atoms with Crippen molar-refractivity contribution in [1.82, 2.24) is 19.8 Å². The summed E-state index contributed by atoms with van der Waals surface area (Å²) in [7, 11) is 0. The van der Waals surface area contributed by atoms with E-state index in [0.717, 1.165) is 95.5 Å². The number of aryl methyl sites for hydroxylation is 1. The lowest BCUT2D eigenvalue weighted by atomic mass is 10.0. The van der Waals surface area contributed by atoms with Crippen molar-refractivity contribution in [2.24, 2.45) is 5.92 Å². The number of aromatic nitrogens is 2. The maximum absolute atomic E-state index is 12.8. The number of hydrogen-bond donors (Lipinski definition) is 0. The Labute approximate surface area is 202 Å². The lowest BCUT2D eigenvalue weighted by molar-refractivity contribution is -0.131. The Morgan fingerprint density at radius 3 is 2.58 bits per heavy atom. The van der Waals surface area contributed by atoms with E-state index in [1.807, 2.05) is 11.3 Å². The number of piperazine rings is 1. The highest BCUT2D eigenvalue weighted by Gasteiger charge is 2.29. The Morgan fingerprint density at radius 1 is 1.06 bits per heavy atom. The molecule has 3 aliphatic rings. The minimum Gasteiger partial charge on any atom is -0.352 e. The fourth-order valence-corrected chi connectivity index (χ4v) is 7.13. The Bertz CT molecular complexity index is 975. The van der Waals surface area contributed by atoms with Crippen LogP contribution in [-0.4, -0.2) is 64.9 Å². The third-order valence-electron chi connectivity index (χ3n) is 7.90. The van der Waals surface area contributed by atoms with Crippen molar-refractivity contribution in [2.75, 3.05) is 44.2 Å². The maximum atomic E-state index is 12.8. The summed E-state index contributed by atoms with van der Waals surface area (Å²) in [5.41, 5.74) is 1.48. The van der Waals surface area contributed by atoms with E-state index in [2.05, 4.69) is 28.5 Å². The van der Waals surface area contributed by atoms with E-state index in [4.69, 9.17) is 9.97 Å². The molecule has 0 radical (unpaired) electrons. The molecule has 6 nitrogen and oxygen atoms in total. The van der Waals surface area contributed by atoms with Crippen molar-refractivity contribution >= 4 is 33.3 Å². The molecule has 33 heavy (non-hydrogen) atoms. The second-order valence-corrected chi connectivity index (χ2v) is 11.2. The molecule has 0 spiro atoms. The van der Waals surface area contributed by atoms with Gasteiger partial charge in [-0.15, -0.1) is 11.3 Å². The molecule has 5 rings (SSSR count). The first-order chi connectivity index (χ1) is 16.2. The van der Waals surface area contributed by atoms with Crippen LogP contribution in [0.1, 0.15) is 75.1 Å². The van der Waals surface area contributed by atoms with Crippen LogP contribution in [-0.2, 0) is 24.2 Å². The number of thiophene rings is 1. The second kappa shape index (κ2) is 10.3. The largest absolute Gasteiger partial charge is 0.352 e. The normalized spacial score (nSPS) is 20.1. The van der Waals surface area contributed by atoms with Gasteiger partial charge in [0.1, 0.15) is 16.5 Å². The van der Waals surface area contributed by atoms with Crippen LogP contribution in [0.2, 0.25) is 0 Å². The van der Waals surface area contributed by atoms with E-state index in [9.17, 15) is 4.79 Å². The summed E-state index contributed by atoms with van der Waals surface area (Å²) < 4.78 is 0. The van der Waals surface area contributed by atoms with Gasteiger partial charge in [-0.2, -0.15) is 0 Å². The standard InChI is InChI=1S/C26H39N5OS/c1-3-7-22-27-25(24-20-12-13-29(4-2)18-21(20)33-26(24)28-22)31-16-14-30(15-17-31)23(32)11-10-19-8-5-6-9-19/h19H,3-18H2,1-2H3. The number of hydrogen-bond acceptors (Lipinski definition) is 6. The first kappa shape index (κ1) is 23.0. The van der Waals surface area contributed by atoms with Crippen molar-refractivity contribution in [3.05, 3.63) is 16.3 Å². The van der Waals surface area contributed by atoms with Crippen molar-refractivity contribution in [3.8, 4) is 0 Å². The first-order valence-electron chi connectivity index (χ1n) is 13.2. The van der Waals surface area contributed by atoms with Crippen LogP contribution in [0.25, 0.3) is 10.2 Å². The number of fused-ring (bicyclic) bond motifs is 3. The molecule has 0 atom stereocenters. The van der Waals surface area contributed by atoms with Gasteiger partial charge in [0.15, 0.2) is 0 Å². The van der Waals surface area contributed by atoms with Gasteiger partial charge in [0.25, 0.3) is 0 Å². The number of carbonyl (C=O) groups is 1. The smallest absolute Gasteiger partial charge is 0.222 e. The van der Waals surface area contributed by atoms with Crippen LogP contribution in [0.5, 0.6) is 0 Å². The van der Waals surface area contributed by atoms with Gasteiger partial charge in [-0.1, -0.05) is 39.5 Å². The van der Waals surface area contributed by atoms with E-state index in [1.165, 1.54) is 46.3 Å². The lowest BCUT2D eigenvalue weighted by Crippen LogP contribution is -2.49. The predicted molar refractivity (Wildman–Crippen MR) is 136 cm³/mol. The van der Waals surface area contributed by atoms with E-state index in [1.54, 1.807) is 0 Å². The number of anilines is 1. The fourth-order valence-electron chi connectivity index (χ4n) is 5.86. The van der Waals surface area contributed by atoms with E-state index in [-0.39, 0.29) is 0 Å². The van der Waals surface area contributed by atoms with Gasteiger partial charge in [-0.05, 0) is 37.3 Å². The lowest BCUT2D eigenvalue weighted by Gasteiger charge is -2.36. The molecule has 2 aliphatic heterocycles. The maximum Gasteiger partial charge on any atom is 0.222 e. The van der Waals surface area contributed by atoms with Gasteiger partial charge >= 0.3 is 0 Å². The molecule has 2 aromatic heterocycles. The topological polar surface area (TPSA) is 52.6 Å². The summed E-state index contributed by atoms with van der Waals surface area (Å²) in [6.07, 6.45) is 10.2. The summed E-state index contributed by atoms with van der Waals surface area (Å²) >= 11 is 1.88. The van der Waals surface area contributed by atoms with Gasteiger partial charge < -0.3 is 9.80 Å². The van der Waals surface area contributed by atoms with E-state index >= 15 is 0 Å². The molecular weight excluding hydrogens is 430 g/mol. The van der Waals surface area contributed by atoms with Crippen molar-refractivity contribution in [3.63, 3.8) is 0 Å². The van der Waals surface area contributed by atoms with Gasteiger partial charge in [0.2, 0.25) is 5.91 Å². The molecule has 2 aromatic rings. The van der Waals surface area contributed by atoms with Crippen molar-refractivity contribution in [2.45, 2.75) is 78.2 Å². The molecule has 0 unspecified atom stereocenters. The van der Waals surface area contributed by atoms with Crippen LogP contribution < -0.4 is 4.90 Å². The average molecular weight is 470 g/mol. The van der Waals surface area contributed by atoms with Crippen LogP contribution in [0, 0.1) is 5.92 Å². The number of amides is 1. The van der Waals surface area contributed by atoms with Gasteiger partial charge in [0, 0.05) is 57.0 Å². The highest BCUT2D eigenvalue weighted by molar-refractivity contribution is 7.19. The summed E-state index contributed by atoms with van der Waals surface area (Å²) in [5, 5.41) is 1.30. The first-order valence-corrected chi connectivity index (χ1v) is 14.0. The zero-order valence-electron chi connectivity index (χ0n) is 20.4. The van der Waals surface area contributed by atoms with Crippen LogP contribution in [0.15, 0.2) is 0 Å². The molecule has 180 valence electrons. The number of rotatable bonds is 7. The third kappa shape index (κ3) is 4.90.